The average Bonchev–Trinajstić information content (AvgIpc) is 2.82. The van der Waals surface area contributed by atoms with E-state index in [-0.39, 0.29) is 36.8 Å². The number of carbonyl (C=O) groups is 2. The Morgan fingerprint density at radius 3 is 2.59 bits per heavy atom. The quantitative estimate of drug-likeness (QED) is 0.621. The maximum atomic E-state index is 11.6. The van der Waals surface area contributed by atoms with E-state index in [0.29, 0.717) is 6.54 Å². The number of amides is 2. The Labute approximate surface area is 102 Å². The summed E-state index contributed by atoms with van der Waals surface area (Å²) in [5.41, 5.74) is 0. The van der Waals surface area contributed by atoms with Gasteiger partial charge >= 0.3 is 0 Å². The monoisotopic (exact) mass is 242 g/mol. The van der Waals surface area contributed by atoms with Crippen LogP contribution < -0.4 is 10.6 Å². The minimum absolute atomic E-state index is 0.0693. The Bertz CT molecular complexity index is 262. The normalized spacial score (nSPS) is 17.8. The van der Waals surface area contributed by atoms with Gasteiger partial charge in [0.05, 0.1) is 6.61 Å². The minimum Gasteiger partial charge on any atom is -0.394 e. The zero-order chi connectivity index (χ0) is 12.7. The Morgan fingerprint density at radius 2 is 2.00 bits per heavy atom. The van der Waals surface area contributed by atoms with Crippen molar-refractivity contribution in [3.63, 3.8) is 0 Å². The standard InChI is InChI=1S/C12H22N2O3/c1-9(8-15)14-11(16)6-7-13-12(17)10-4-2-3-5-10/h9-10,15H,2-8H2,1H3,(H,13,17)(H,14,16)/t9-/m1/s1. The molecule has 3 N–H and O–H groups in total. The molecule has 1 atom stereocenters. The first-order chi connectivity index (χ1) is 8.13. The van der Waals surface area contributed by atoms with E-state index in [1.165, 1.54) is 0 Å². The van der Waals surface area contributed by atoms with Crippen molar-refractivity contribution in [1.29, 1.82) is 0 Å². The molecule has 5 nitrogen and oxygen atoms in total. The number of carbonyl (C=O) groups excluding carboxylic acids is 2. The summed E-state index contributed by atoms with van der Waals surface area (Å²) in [6, 6.07) is -0.229. The Hall–Kier alpha value is -1.10. The van der Waals surface area contributed by atoms with Crippen LogP contribution >= 0.6 is 0 Å². The number of nitrogens with one attached hydrogen (secondary N) is 2. The third-order valence-corrected chi connectivity index (χ3v) is 3.06. The van der Waals surface area contributed by atoms with E-state index < -0.39 is 0 Å². The largest absolute Gasteiger partial charge is 0.394 e. The van der Waals surface area contributed by atoms with Crippen LogP contribution in [0.5, 0.6) is 0 Å². The SMILES string of the molecule is C[C@H](CO)NC(=O)CCNC(=O)C1CCCC1. The fourth-order valence-corrected chi connectivity index (χ4v) is 2.02. The summed E-state index contributed by atoms with van der Waals surface area (Å²) < 4.78 is 0. The summed E-state index contributed by atoms with van der Waals surface area (Å²) >= 11 is 0. The molecule has 0 aliphatic heterocycles. The first-order valence-corrected chi connectivity index (χ1v) is 6.31. The second-order valence-corrected chi connectivity index (χ2v) is 4.67. The van der Waals surface area contributed by atoms with Crippen molar-refractivity contribution in [2.24, 2.45) is 5.92 Å². The van der Waals surface area contributed by atoms with Crippen LogP contribution in [0.25, 0.3) is 0 Å². The van der Waals surface area contributed by atoms with Crippen LogP contribution in [0.3, 0.4) is 0 Å². The molecule has 1 saturated carbocycles. The minimum atomic E-state index is -0.229. The number of aliphatic hydroxyl groups is 1. The summed E-state index contributed by atoms with van der Waals surface area (Å²) in [6.45, 7) is 2.04. The molecule has 1 rings (SSSR count). The number of hydrogen-bond acceptors (Lipinski definition) is 3. The van der Waals surface area contributed by atoms with Gasteiger partial charge in [0.2, 0.25) is 11.8 Å². The van der Waals surface area contributed by atoms with Crippen LogP contribution in [-0.2, 0) is 9.59 Å². The first-order valence-electron chi connectivity index (χ1n) is 6.31. The molecular weight excluding hydrogens is 220 g/mol. The molecule has 0 heterocycles. The van der Waals surface area contributed by atoms with Gasteiger partial charge in [-0.1, -0.05) is 12.8 Å². The van der Waals surface area contributed by atoms with Crippen molar-refractivity contribution < 1.29 is 14.7 Å². The van der Waals surface area contributed by atoms with Crippen molar-refractivity contribution in [3.8, 4) is 0 Å². The van der Waals surface area contributed by atoms with Crippen molar-refractivity contribution in [1.82, 2.24) is 10.6 Å². The molecule has 0 bridgehead atoms. The van der Waals surface area contributed by atoms with Crippen LogP contribution in [0.2, 0.25) is 0 Å². The highest BCUT2D eigenvalue weighted by Crippen LogP contribution is 2.24. The molecule has 0 aromatic carbocycles. The number of hydrogen-bond donors (Lipinski definition) is 3. The molecule has 0 saturated heterocycles. The highest BCUT2D eigenvalue weighted by molar-refractivity contribution is 5.80. The molecule has 0 aromatic rings. The predicted molar refractivity (Wildman–Crippen MR) is 64.3 cm³/mol. The highest BCUT2D eigenvalue weighted by Gasteiger charge is 2.22. The van der Waals surface area contributed by atoms with Gasteiger partial charge in [0.15, 0.2) is 0 Å². The average molecular weight is 242 g/mol. The third-order valence-electron chi connectivity index (χ3n) is 3.06. The number of rotatable bonds is 6. The summed E-state index contributed by atoms with van der Waals surface area (Å²) in [7, 11) is 0. The van der Waals surface area contributed by atoms with Gasteiger partial charge < -0.3 is 15.7 Å². The Balaban J connectivity index is 2.10. The second-order valence-electron chi connectivity index (χ2n) is 4.67. The van der Waals surface area contributed by atoms with Crippen molar-refractivity contribution in [3.05, 3.63) is 0 Å². The number of aliphatic hydroxyl groups excluding tert-OH is 1. The zero-order valence-corrected chi connectivity index (χ0v) is 10.4. The van der Waals surface area contributed by atoms with Gasteiger partial charge in [-0.3, -0.25) is 9.59 Å². The van der Waals surface area contributed by atoms with Crippen LogP contribution in [-0.4, -0.2) is 36.1 Å². The maximum absolute atomic E-state index is 11.6. The van der Waals surface area contributed by atoms with Gasteiger partial charge in [-0.2, -0.15) is 0 Å². The van der Waals surface area contributed by atoms with E-state index in [4.69, 9.17) is 5.11 Å². The van der Waals surface area contributed by atoms with Crippen molar-refractivity contribution >= 4 is 11.8 Å². The molecule has 1 fully saturated rings. The lowest BCUT2D eigenvalue weighted by atomic mass is 10.1. The summed E-state index contributed by atoms with van der Waals surface area (Å²) in [5.74, 6) is 0.0817. The van der Waals surface area contributed by atoms with E-state index in [0.717, 1.165) is 25.7 Å². The molecule has 98 valence electrons. The van der Waals surface area contributed by atoms with Gasteiger partial charge in [0.1, 0.15) is 0 Å². The third kappa shape index (κ3) is 5.17. The second kappa shape index (κ2) is 7.27. The fourth-order valence-electron chi connectivity index (χ4n) is 2.02. The lowest BCUT2D eigenvalue weighted by Crippen LogP contribution is -2.38. The van der Waals surface area contributed by atoms with Crippen LogP contribution in [0.4, 0.5) is 0 Å². The summed E-state index contributed by atoms with van der Waals surface area (Å²) in [6.07, 6.45) is 4.47. The van der Waals surface area contributed by atoms with Crippen LogP contribution in [0.15, 0.2) is 0 Å². The van der Waals surface area contributed by atoms with Gasteiger partial charge in [-0.15, -0.1) is 0 Å². The molecule has 1 aliphatic rings. The van der Waals surface area contributed by atoms with Gasteiger partial charge in [0, 0.05) is 24.9 Å². The smallest absolute Gasteiger partial charge is 0.223 e. The molecule has 2 amide bonds. The van der Waals surface area contributed by atoms with Gasteiger partial charge in [-0.05, 0) is 19.8 Å². The van der Waals surface area contributed by atoms with E-state index >= 15 is 0 Å². The van der Waals surface area contributed by atoms with Gasteiger partial charge in [0.25, 0.3) is 0 Å². The highest BCUT2D eigenvalue weighted by atomic mass is 16.3. The predicted octanol–water partition coefficient (Wildman–Crippen LogP) is 0.180. The Kier molecular flexibility index (Phi) is 5.97. The molecule has 0 aromatic heterocycles. The van der Waals surface area contributed by atoms with E-state index in [9.17, 15) is 9.59 Å². The molecular formula is C12H22N2O3. The first kappa shape index (κ1) is 14.0. The fraction of sp³-hybridized carbons (Fsp3) is 0.833. The van der Waals surface area contributed by atoms with Gasteiger partial charge in [-0.25, -0.2) is 0 Å². The lowest BCUT2D eigenvalue weighted by molar-refractivity contribution is -0.125. The zero-order valence-electron chi connectivity index (χ0n) is 10.4. The summed E-state index contributed by atoms with van der Waals surface area (Å²) in [4.78, 5) is 23.0. The molecule has 0 radical (unpaired) electrons. The molecule has 5 heteroatoms. The maximum Gasteiger partial charge on any atom is 0.223 e. The Morgan fingerprint density at radius 1 is 1.35 bits per heavy atom. The lowest BCUT2D eigenvalue weighted by Gasteiger charge is -2.12. The van der Waals surface area contributed by atoms with Crippen molar-refractivity contribution in [2.75, 3.05) is 13.2 Å². The van der Waals surface area contributed by atoms with E-state index in [1.807, 2.05) is 0 Å². The van der Waals surface area contributed by atoms with E-state index in [1.54, 1.807) is 6.92 Å². The topological polar surface area (TPSA) is 78.4 Å². The molecule has 17 heavy (non-hydrogen) atoms. The van der Waals surface area contributed by atoms with E-state index in [2.05, 4.69) is 10.6 Å². The van der Waals surface area contributed by atoms with Crippen LogP contribution in [0.1, 0.15) is 39.0 Å². The molecule has 0 spiro atoms. The summed E-state index contributed by atoms with van der Waals surface area (Å²) in [5, 5.41) is 14.2. The molecule has 1 aliphatic carbocycles. The molecule has 0 unspecified atom stereocenters. The van der Waals surface area contributed by atoms with Crippen molar-refractivity contribution in [2.45, 2.75) is 45.1 Å². The van der Waals surface area contributed by atoms with Crippen LogP contribution in [0, 0.1) is 5.92 Å².